The third kappa shape index (κ3) is 4.23. The molecule has 1 amide bonds. The minimum Gasteiger partial charge on any atom is -0.324 e. The first-order chi connectivity index (χ1) is 13.5. The third-order valence-corrected chi connectivity index (χ3v) is 4.42. The molecule has 3 rings (SSSR count). The van der Waals surface area contributed by atoms with Gasteiger partial charge < -0.3 is 5.32 Å². The summed E-state index contributed by atoms with van der Waals surface area (Å²) < 4.78 is 1.21. The van der Waals surface area contributed by atoms with Crippen LogP contribution in [-0.2, 0) is 4.79 Å². The van der Waals surface area contributed by atoms with Crippen LogP contribution in [0.5, 0.6) is 0 Å². The van der Waals surface area contributed by atoms with Gasteiger partial charge in [-0.2, -0.15) is 5.10 Å². The highest BCUT2D eigenvalue weighted by molar-refractivity contribution is 5.98. The van der Waals surface area contributed by atoms with E-state index in [4.69, 9.17) is 0 Å². The van der Waals surface area contributed by atoms with E-state index >= 15 is 0 Å². The molecule has 6 heteroatoms. The number of aromatic nitrogens is 2. The van der Waals surface area contributed by atoms with E-state index in [-0.39, 0.29) is 17.2 Å². The summed E-state index contributed by atoms with van der Waals surface area (Å²) in [6.07, 6.45) is 0.392. The number of carbonyl (C=O) groups is 2. The lowest BCUT2D eigenvalue weighted by Gasteiger charge is -2.17. The lowest BCUT2D eigenvalue weighted by atomic mass is 10.1. The van der Waals surface area contributed by atoms with Crippen LogP contribution in [-0.4, -0.2) is 21.5 Å². The zero-order chi connectivity index (χ0) is 20.1. The third-order valence-electron chi connectivity index (χ3n) is 4.42. The molecule has 1 aromatic heterocycles. The number of amides is 1. The largest absolute Gasteiger partial charge is 0.324 e. The molecule has 6 nitrogen and oxygen atoms in total. The first-order valence-corrected chi connectivity index (χ1v) is 9.06. The van der Waals surface area contributed by atoms with Crippen LogP contribution in [0.4, 0.5) is 5.69 Å². The molecule has 0 aliphatic carbocycles. The Morgan fingerprint density at radius 1 is 1.04 bits per heavy atom. The van der Waals surface area contributed by atoms with Crippen LogP contribution in [0.15, 0.2) is 71.5 Å². The predicted molar refractivity (Wildman–Crippen MR) is 108 cm³/mol. The van der Waals surface area contributed by atoms with Crippen molar-refractivity contribution in [2.24, 2.45) is 0 Å². The van der Waals surface area contributed by atoms with Gasteiger partial charge in [0.25, 0.3) is 5.56 Å². The van der Waals surface area contributed by atoms with Crippen LogP contribution < -0.4 is 10.9 Å². The second-order valence-corrected chi connectivity index (χ2v) is 6.42. The molecule has 1 heterocycles. The second-order valence-electron chi connectivity index (χ2n) is 6.42. The molecule has 28 heavy (non-hydrogen) atoms. The number of carbonyl (C=O) groups excluding carboxylic acids is 2. The van der Waals surface area contributed by atoms with E-state index in [1.165, 1.54) is 17.7 Å². The van der Waals surface area contributed by atoms with Gasteiger partial charge in [-0.3, -0.25) is 14.4 Å². The van der Waals surface area contributed by atoms with Crippen molar-refractivity contribution >= 4 is 17.4 Å². The highest BCUT2D eigenvalue weighted by atomic mass is 16.2. The van der Waals surface area contributed by atoms with E-state index < -0.39 is 6.04 Å². The molecule has 0 saturated carbocycles. The average Bonchev–Trinajstić information content (AvgIpc) is 2.70. The molecule has 0 aliphatic heterocycles. The van der Waals surface area contributed by atoms with Gasteiger partial charge in [0.05, 0.1) is 5.69 Å². The maximum absolute atomic E-state index is 12.8. The van der Waals surface area contributed by atoms with E-state index in [2.05, 4.69) is 10.4 Å². The Labute approximate surface area is 162 Å². The smallest absolute Gasteiger partial charge is 0.267 e. The summed E-state index contributed by atoms with van der Waals surface area (Å²) in [6.45, 7) is 3.29. The number of nitrogens with one attached hydrogen (secondary N) is 1. The van der Waals surface area contributed by atoms with Gasteiger partial charge in [-0.1, -0.05) is 49.4 Å². The standard InChI is InChI=1S/C22H21N3O3/c1-3-20(22(28)23-18-11-7-10-17(14-18)15(2)26)25-21(27)13-12-19(24-25)16-8-5-4-6-9-16/h4-14,20H,3H2,1-2H3,(H,23,28). The fraction of sp³-hybridized carbons (Fsp3) is 0.182. The zero-order valence-electron chi connectivity index (χ0n) is 15.8. The molecule has 0 bridgehead atoms. The first-order valence-electron chi connectivity index (χ1n) is 9.06. The second kappa shape index (κ2) is 8.43. The Bertz CT molecular complexity index is 1060. The Balaban J connectivity index is 1.90. The molecule has 0 fully saturated rings. The quantitative estimate of drug-likeness (QED) is 0.666. The summed E-state index contributed by atoms with van der Waals surface area (Å²) in [5, 5.41) is 7.19. The highest BCUT2D eigenvalue weighted by Crippen LogP contribution is 2.18. The summed E-state index contributed by atoms with van der Waals surface area (Å²) in [5.41, 5.74) is 2.14. The van der Waals surface area contributed by atoms with E-state index in [1.54, 1.807) is 30.3 Å². The fourth-order valence-electron chi connectivity index (χ4n) is 2.92. The lowest BCUT2D eigenvalue weighted by molar-refractivity contribution is -0.119. The lowest BCUT2D eigenvalue weighted by Crippen LogP contribution is -2.34. The van der Waals surface area contributed by atoms with Crippen LogP contribution in [0, 0.1) is 0 Å². The maximum atomic E-state index is 12.8. The van der Waals surface area contributed by atoms with E-state index in [0.717, 1.165) is 5.56 Å². The van der Waals surface area contributed by atoms with Crippen LogP contribution in [0.1, 0.15) is 36.7 Å². The number of hydrogen-bond acceptors (Lipinski definition) is 4. The average molecular weight is 375 g/mol. The fourth-order valence-corrected chi connectivity index (χ4v) is 2.92. The van der Waals surface area contributed by atoms with Crippen molar-refractivity contribution < 1.29 is 9.59 Å². The Hall–Kier alpha value is -3.54. The molecular weight excluding hydrogens is 354 g/mol. The van der Waals surface area contributed by atoms with Crippen molar-refractivity contribution in [2.45, 2.75) is 26.3 Å². The van der Waals surface area contributed by atoms with Gasteiger partial charge in [0, 0.05) is 22.9 Å². The zero-order valence-corrected chi connectivity index (χ0v) is 15.8. The minimum atomic E-state index is -0.767. The van der Waals surface area contributed by atoms with Crippen LogP contribution >= 0.6 is 0 Å². The maximum Gasteiger partial charge on any atom is 0.267 e. The predicted octanol–water partition coefficient (Wildman–Crippen LogP) is 3.70. The molecule has 3 aromatic rings. The molecule has 1 unspecified atom stereocenters. The van der Waals surface area contributed by atoms with Gasteiger partial charge in [0.15, 0.2) is 5.78 Å². The Morgan fingerprint density at radius 2 is 1.79 bits per heavy atom. The van der Waals surface area contributed by atoms with E-state index in [0.29, 0.717) is 23.4 Å². The van der Waals surface area contributed by atoms with Gasteiger partial charge in [-0.25, -0.2) is 4.68 Å². The van der Waals surface area contributed by atoms with Gasteiger partial charge >= 0.3 is 0 Å². The molecule has 142 valence electrons. The number of rotatable bonds is 6. The van der Waals surface area contributed by atoms with Gasteiger partial charge in [-0.15, -0.1) is 0 Å². The number of Topliss-reactive ketones (excluding diaryl/α,β-unsaturated/α-hetero) is 1. The topological polar surface area (TPSA) is 81.1 Å². The number of ketones is 1. The Morgan fingerprint density at radius 3 is 2.46 bits per heavy atom. The van der Waals surface area contributed by atoms with Gasteiger partial charge in [0.2, 0.25) is 5.91 Å². The first kappa shape index (κ1) is 19.2. The van der Waals surface area contributed by atoms with Crippen molar-refractivity contribution in [3.63, 3.8) is 0 Å². The molecular formula is C22H21N3O3. The van der Waals surface area contributed by atoms with Gasteiger partial charge in [0.1, 0.15) is 6.04 Å². The SMILES string of the molecule is CCC(C(=O)Nc1cccc(C(C)=O)c1)n1nc(-c2ccccc2)ccc1=O. The number of anilines is 1. The van der Waals surface area contributed by atoms with E-state index in [9.17, 15) is 14.4 Å². The van der Waals surface area contributed by atoms with Crippen molar-refractivity contribution in [1.29, 1.82) is 0 Å². The molecule has 0 radical (unpaired) electrons. The molecule has 0 spiro atoms. The molecule has 0 aliphatic rings. The van der Waals surface area contributed by atoms with Gasteiger partial charge in [-0.05, 0) is 31.5 Å². The molecule has 2 aromatic carbocycles. The normalized spacial score (nSPS) is 11.6. The highest BCUT2D eigenvalue weighted by Gasteiger charge is 2.21. The van der Waals surface area contributed by atoms with Crippen molar-refractivity contribution in [3.8, 4) is 11.3 Å². The summed E-state index contributed by atoms with van der Waals surface area (Å²) in [6, 6.07) is 18.5. The molecule has 1 N–H and O–H groups in total. The molecule has 0 saturated heterocycles. The summed E-state index contributed by atoms with van der Waals surface area (Å²) in [7, 11) is 0. The van der Waals surface area contributed by atoms with Crippen LogP contribution in [0.3, 0.4) is 0 Å². The van der Waals surface area contributed by atoms with Crippen molar-refractivity contribution in [3.05, 3.63) is 82.6 Å². The minimum absolute atomic E-state index is 0.0865. The summed E-state index contributed by atoms with van der Waals surface area (Å²) in [5.74, 6) is -0.445. The van der Waals surface area contributed by atoms with E-state index in [1.807, 2.05) is 37.3 Å². The summed E-state index contributed by atoms with van der Waals surface area (Å²) in [4.78, 5) is 36.8. The Kier molecular flexibility index (Phi) is 5.79. The number of benzene rings is 2. The number of hydrogen-bond donors (Lipinski definition) is 1. The van der Waals surface area contributed by atoms with Crippen LogP contribution in [0.2, 0.25) is 0 Å². The van der Waals surface area contributed by atoms with Crippen molar-refractivity contribution in [2.75, 3.05) is 5.32 Å². The van der Waals surface area contributed by atoms with Crippen LogP contribution in [0.25, 0.3) is 11.3 Å². The molecule has 1 atom stereocenters. The van der Waals surface area contributed by atoms with Crippen molar-refractivity contribution in [1.82, 2.24) is 9.78 Å². The monoisotopic (exact) mass is 375 g/mol. The summed E-state index contributed by atoms with van der Waals surface area (Å²) >= 11 is 0. The number of nitrogens with zero attached hydrogens (tertiary/aromatic N) is 2.